The molecule has 154 valence electrons. The van der Waals surface area contributed by atoms with Crippen LogP contribution in [0.2, 0.25) is 0 Å². The lowest BCUT2D eigenvalue weighted by molar-refractivity contribution is -0.0566. The number of aromatic nitrogens is 4. The maximum Gasteiger partial charge on any atom is 0.181 e. The summed E-state index contributed by atoms with van der Waals surface area (Å²) in [5, 5.41) is 35.4. The van der Waals surface area contributed by atoms with Crippen LogP contribution in [0.3, 0.4) is 0 Å². The van der Waals surface area contributed by atoms with Gasteiger partial charge in [0.1, 0.15) is 29.7 Å². The minimum absolute atomic E-state index is 0.384. The predicted octanol–water partition coefficient (Wildman–Crippen LogP) is 1.47. The lowest BCUT2D eigenvalue weighted by atomic mass is 10.1. The highest BCUT2D eigenvalue weighted by molar-refractivity contribution is 7.99. The molecule has 1 fully saturated rings. The molecule has 3 aromatic rings. The topological polar surface area (TPSA) is 114 Å². The van der Waals surface area contributed by atoms with Gasteiger partial charge >= 0.3 is 0 Å². The van der Waals surface area contributed by atoms with Crippen LogP contribution in [0.25, 0.3) is 11.0 Å². The van der Waals surface area contributed by atoms with Crippen LogP contribution in [0, 0.1) is 6.92 Å². The number of benzene rings is 1. The number of nitrogens with zero attached hydrogens (tertiary/aromatic N) is 4. The molecule has 1 aliphatic heterocycles. The van der Waals surface area contributed by atoms with Gasteiger partial charge in [-0.15, -0.1) is 11.8 Å². The number of rotatable bonds is 7. The third kappa shape index (κ3) is 4.15. The summed E-state index contributed by atoms with van der Waals surface area (Å²) in [6, 6.07) is 8.58. The Morgan fingerprint density at radius 1 is 1.14 bits per heavy atom. The first-order valence-corrected chi connectivity index (χ1v) is 10.6. The fourth-order valence-electron chi connectivity index (χ4n) is 3.42. The van der Waals surface area contributed by atoms with E-state index in [1.54, 1.807) is 18.0 Å². The third-order valence-electron chi connectivity index (χ3n) is 5.08. The van der Waals surface area contributed by atoms with Crippen molar-refractivity contribution in [2.45, 2.75) is 49.3 Å². The van der Waals surface area contributed by atoms with E-state index in [2.05, 4.69) is 46.3 Å². The molecule has 3 N–H and O–H groups in total. The van der Waals surface area contributed by atoms with Gasteiger partial charge in [0.2, 0.25) is 0 Å². The van der Waals surface area contributed by atoms with Gasteiger partial charge in [-0.2, -0.15) is 5.10 Å². The van der Waals surface area contributed by atoms with Gasteiger partial charge in [0, 0.05) is 0 Å². The molecule has 8 nitrogen and oxygen atoms in total. The molecule has 0 amide bonds. The van der Waals surface area contributed by atoms with Gasteiger partial charge in [-0.3, -0.25) is 0 Å². The minimum Gasteiger partial charge on any atom is -0.394 e. The highest BCUT2D eigenvalue weighted by Gasteiger charge is 2.44. The molecule has 0 bridgehead atoms. The van der Waals surface area contributed by atoms with E-state index in [1.165, 1.54) is 22.1 Å². The monoisotopic (exact) mass is 416 g/mol. The summed E-state index contributed by atoms with van der Waals surface area (Å²) in [4.78, 5) is 8.66. The fraction of sp³-hybridized carbons (Fsp3) is 0.450. The van der Waals surface area contributed by atoms with Crippen molar-refractivity contribution in [3.05, 3.63) is 47.9 Å². The molecule has 9 heteroatoms. The van der Waals surface area contributed by atoms with E-state index in [1.807, 2.05) is 0 Å². The third-order valence-corrected chi connectivity index (χ3v) is 6.17. The normalized spacial score (nSPS) is 24.4. The van der Waals surface area contributed by atoms with Gasteiger partial charge in [0.15, 0.2) is 11.9 Å². The van der Waals surface area contributed by atoms with Crippen molar-refractivity contribution < 1.29 is 20.1 Å². The highest BCUT2D eigenvalue weighted by Crippen LogP contribution is 2.32. The highest BCUT2D eigenvalue weighted by atomic mass is 32.2. The molecule has 0 saturated carbocycles. The summed E-state index contributed by atoms with van der Waals surface area (Å²) in [7, 11) is 0. The van der Waals surface area contributed by atoms with Crippen LogP contribution in [0.15, 0.2) is 41.8 Å². The molecule has 1 aromatic carbocycles. The van der Waals surface area contributed by atoms with Crippen molar-refractivity contribution in [3.8, 4) is 0 Å². The first kappa shape index (κ1) is 20.2. The number of hydrogen-bond acceptors (Lipinski definition) is 8. The number of aliphatic hydroxyl groups is 3. The van der Waals surface area contributed by atoms with E-state index >= 15 is 0 Å². The Bertz CT molecular complexity index is 965. The van der Waals surface area contributed by atoms with E-state index in [-0.39, 0.29) is 6.61 Å². The largest absolute Gasteiger partial charge is 0.394 e. The fourth-order valence-corrected chi connectivity index (χ4v) is 4.33. The van der Waals surface area contributed by atoms with Crippen molar-refractivity contribution in [3.63, 3.8) is 0 Å². The number of aryl methyl sites for hydroxylation is 2. The van der Waals surface area contributed by atoms with Crippen molar-refractivity contribution in [2.75, 3.05) is 12.4 Å². The molecule has 4 rings (SSSR count). The predicted molar refractivity (Wildman–Crippen MR) is 109 cm³/mol. The van der Waals surface area contributed by atoms with Crippen LogP contribution in [0.1, 0.15) is 23.8 Å². The molecular weight excluding hydrogens is 392 g/mol. The summed E-state index contributed by atoms with van der Waals surface area (Å²) < 4.78 is 7.01. The van der Waals surface area contributed by atoms with Gasteiger partial charge in [0.05, 0.1) is 18.2 Å². The maximum absolute atomic E-state index is 10.3. The zero-order valence-corrected chi connectivity index (χ0v) is 16.9. The molecule has 1 saturated heterocycles. The summed E-state index contributed by atoms with van der Waals surface area (Å²) in [6.45, 7) is 1.70. The smallest absolute Gasteiger partial charge is 0.181 e. The molecule has 1 aliphatic rings. The molecule has 0 aliphatic carbocycles. The van der Waals surface area contributed by atoms with Crippen LogP contribution in [-0.2, 0) is 11.2 Å². The van der Waals surface area contributed by atoms with E-state index in [0.717, 1.165) is 29.0 Å². The summed E-state index contributed by atoms with van der Waals surface area (Å²) >= 11 is 1.64. The first-order chi connectivity index (χ1) is 14.1. The van der Waals surface area contributed by atoms with Crippen LogP contribution < -0.4 is 0 Å². The maximum atomic E-state index is 10.3. The molecule has 2 aromatic heterocycles. The molecule has 4 atom stereocenters. The van der Waals surface area contributed by atoms with Gasteiger partial charge in [-0.25, -0.2) is 14.6 Å². The van der Waals surface area contributed by atoms with Crippen LogP contribution in [0.4, 0.5) is 0 Å². The first-order valence-electron chi connectivity index (χ1n) is 9.57. The average Bonchev–Trinajstić information content (AvgIpc) is 3.28. The van der Waals surface area contributed by atoms with E-state index < -0.39 is 24.5 Å². The Morgan fingerprint density at radius 3 is 2.66 bits per heavy atom. The summed E-state index contributed by atoms with van der Waals surface area (Å²) in [6.07, 6.45) is 0.986. The van der Waals surface area contributed by atoms with Gasteiger partial charge < -0.3 is 20.1 Å². The van der Waals surface area contributed by atoms with E-state index in [4.69, 9.17) is 4.74 Å². The molecule has 0 unspecified atom stereocenters. The number of thioether (sulfide) groups is 1. The lowest BCUT2D eigenvalue weighted by Gasteiger charge is -2.15. The quantitative estimate of drug-likeness (QED) is 0.301. The molecule has 3 heterocycles. The van der Waals surface area contributed by atoms with Crippen LogP contribution >= 0.6 is 11.8 Å². The van der Waals surface area contributed by atoms with Crippen LogP contribution in [0.5, 0.6) is 0 Å². The zero-order valence-electron chi connectivity index (χ0n) is 16.0. The molecule has 0 radical (unpaired) electrons. The van der Waals surface area contributed by atoms with E-state index in [9.17, 15) is 15.3 Å². The van der Waals surface area contributed by atoms with Crippen molar-refractivity contribution in [1.82, 2.24) is 19.7 Å². The Kier molecular flexibility index (Phi) is 6.12. The summed E-state index contributed by atoms with van der Waals surface area (Å²) in [5.41, 5.74) is 3.11. The zero-order chi connectivity index (χ0) is 20.4. The molecular formula is C20H24N4O4S. The van der Waals surface area contributed by atoms with Gasteiger partial charge in [0.25, 0.3) is 0 Å². The SMILES string of the molecule is Cc1ccc(CCCSc2ncnc3c2cnn3[C@@H]2O[C@H](CO)[C@@H](O)[C@H]2O)cc1. The Labute approximate surface area is 172 Å². The molecule has 0 spiro atoms. The van der Waals surface area contributed by atoms with Gasteiger partial charge in [-0.1, -0.05) is 29.8 Å². The second-order valence-electron chi connectivity index (χ2n) is 7.17. The van der Waals surface area contributed by atoms with Crippen LogP contribution in [-0.4, -0.2) is 65.7 Å². The van der Waals surface area contributed by atoms with Crippen molar-refractivity contribution in [1.29, 1.82) is 0 Å². The average molecular weight is 417 g/mol. The number of hydrogen-bond donors (Lipinski definition) is 3. The Hall–Kier alpha value is -2.04. The van der Waals surface area contributed by atoms with E-state index in [0.29, 0.717) is 5.65 Å². The number of ether oxygens (including phenoxy) is 1. The Balaban J connectivity index is 1.44. The van der Waals surface area contributed by atoms with Crippen molar-refractivity contribution in [2.24, 2.45) is 0 Å². The van der Waals surface area contributed by atoms with Crippen molar-refractivity contribution >= 4 is 22.8 Å². The lowest BCUT2D eigenvalue weighted by Crippen LogP contribution is -2.33. The standard InChI is InChI=1S/C20H24N4O4S/c1-12-4-6-13(7-5-12)3-2-8-29-19-14-9-23-24(18(14)21-11-22-19)20-17(27)16(26)15(10-25)28-20/h4-7,9,11,15-17,20,25-27H,2-3,8,10H2,1H3/t15-,16-,17-,20-/m1/s1. The number of fused-ring (bicyclic) bond motifs is 1. The second kappa shape index (κ2) is 8.76. The minimum atomic E-state index is -1.20. The summed E-state index contributed by atoms with van der Waals surface area (Å²) in [5.74, 6) is 0.902. The number of aliphatic hydroxyl groups excluding tert-OH is 3. The Morgan fingerprint density at radius 2 is 1.93 bits per heavy atom. The van der Waals surface area contributed by atoms with Gasteiger partial charge in [-0.05, 0) is 31.1 Å². The second-order valence-corrected chi connectivity index (χ2v) is 8.26. The molecule has 29 heavy (non-hydrogen) atoms.